The van der Waals surface area contributed by atoms with Gasteiger partial charge in [-0.1, -0.05) is 30.1 Å². The molecule has 1 atom stereocenters. The molecule has 0 saturated carbocycles. The van der Waals surface area contributed by atoms with Crippen LogP contribution in [-0.4, -0.2) is 40.8 Å². The molecule has 0 radical (unpaired) electrons. The van der Waals surface area contributed by atoms with Gasteiger partial charge in [-0.2, -0.15) is 0 Å². The Morgan fingerprint density at radius 2 is 2.32 bits per heavy atom. The van der Waals surface area contributed by atoms with Gasteiger partial charge in [-0.25, -0.2) is 4.98 Å². The molecule has 102 valence electrons. The minimum atomic E-state index is -0.468. The average molecular weight is 302 g/mol. The van der Waals surface area contributed by atoms with Crippen molar-refractivity contribution in [1.29, 1.82) is 0 Å². The molecule has 0 spiro atoms. The maximum atomic E-state index is 12.5. The molecule has 1 aliphatic heterocycles. The van der Waals surface area contributed by atoms with E-state index in [0.717, 1.165) is 0 Å². The summed E-state index contributed by atoms with van der Waals surface area (Å²) in [5.74, 6) is -0.436. The summed E-state index contributed by atoms with van der Waals surface area (Å²) in [7, 11) is 0. The number of piperazine rings is 1. The highest BCUT2D eigenvalue weighted by molar-refractivity contribution is 6.35. The van der Waals surface area contributed by atoms with E-state index in [2.05, 4.69) is 10.3 Å². The lowest BCUT2D eigenvalue weighted by atomic mass is 10.1. The molecular weight excluding hydrogens is 289 g/mol. The molecule has 1 aliphatic rings. The normalized spacial score (nSPS) is 19.2. The highest BCUT2D eigenvalue weighted by atomic mass is 35.5. The largest absolute Gasteiger partial charge is 0.353 e. The van der Waals surface area contributed by atoms with Gasteiger partial charge in [0.05, 0.1) is 10.6 Å². The molecule has 1 unspecified atom stereocenters. The topological polar surface area (TPSA) is 62.3 Å². The van der Waals surface area contributed by atoms with Crippen LogP contribution in [0.5, 0.6) is 0 Å². The number of amides is 2. The predicted molar refractivity (Wildman–Crippen MR) is 72.4 cm³/mol. The first-order valence-corrected chi connectivity index (χ1v) is 6.70. The first kappa shape index (κ1) is 14.1. The molecule has 1 N–H and O–H groups in total. The van der Waals surface area contributed by atoms with Crippen LogP contribution in [0.4, 0.5) is 0 Å². The van der Waals surface area contributed by atoms with Crippen LogP contribution < -0.4 is 5.32 Å². The zero-order valence-electron chi connectivity index (χ0n) is 10.3. The van der Waals surface area contributed by atoms with Gasteiger partial charge in [0.2, 0.25) is 5.91 Å². The van der Waals surface area contributed by atoms with Gasteiger partial charge in [-0.3, -0.25) is 9.59 Å². The van der Waals surface area contributed by atoms with E-state index in [0.29, 0.717) is 19.5 Å². The second-order valence-corrected chi connectivity index (χ2v) is 4.99. The number of hydrogen-bond acceptors (Lipinski definition) is 3. The number of rotatable bonds is 2. The molecule has 19 heavy (non-hydrogen) atoms. The Bertz CT molecular complexity index is 522. The Morgan fingerprint density at radius 1 is 1.58 bits per heavy atom. The fourth-order valence-electron chi connectivity index (χ4n) is 2.10. The molecule has 2 heterocycles. The Labute approximate surface area is 120 Å². The summed E-state index contributed by atoms with van der Waals surface area (Å²) in [5, 5.41) is 3.17. The minimum Gasteiger partial charge on any atom is -0.353 e. The zero-order chi connectivity index (χ0) is 14.0. The maximum absolute atomic E-state index is 12.5. The van der Waals surface area contributed by atoms with Crippen molar-refractivity contribution in [2.24, 2.45) is 0 Å². The van der Waals surface area contributed by atoms with E-state index in [1.807, 2.05) is 6.92 Å². The van der Waals surface area contributed by atoms with E-state index in [9.17, 15) is 9.59 Å². The fraction of sp³-hybridized carbons (Fsp3) is 0.417. The van der Waals surface area contributed by atoms with Crippen LogP contribution in [0, 0.1) is 0 Å². The van der Waals surface area contributed by atoms with Crippen LogP contribution in [0.1, 0.15) is 23.7 Å². The van der Waals surface area contributed by atoms with Crippen LogP contribution in [0.3, 0.4) is 0 Å². The summed E-state index contributed by atoms with van der Waals surface area (Å²) >= 11 is 11.7. The molecule has 1 saturated heterocycles. The Kier molecular flexibility index (Phi) is 4.27. The van der Waals surface area contributed by atoms with Gasteiger partial charge in [0.15, 0.2) is 0 Å². The van der Waals surface area contributed by atoms with Crippen LogP contribution in [0.15, 0.2) is 12.3 Å². The SMILES string of the molecule is CCC1C(=O)NCCN1C(=O)c1cc(Cl)ncc1Cl. The van der Waals surface area contributed by atoms with Crippen molar-refractivity contribution in [3.63, 3.8) is 0 Å². The van der Waals surface area contributed by atoms with Crippen molar-refractivity contribution in [3.8, 4) is 0 Å². The van der Waals surface area contributed by atoms with E-state index >= 15 is 0 Å². The Morgan fingerprint density at radius 3 is 3.00 bits per heavy atom. The van der Waals surface area contributed by atoms with Gasteiger partial charge < -0.3 is 10.2 Å². The van der Waals surface area contributed by atoms with Gasteiger partial charge in [0, 0.05) is 19.3 Å². The summed E-state index contributed by atoms with van der Waals surface area (Å²) < 4.78 is 0. The summed E-state index contributed by atoms with van der Waals surface area (Å²) in [6, 6.07) is 0.954. The molecule has 0 aromatic carbocycles. The second-order valence-electron chi connectivity index (χ2n) is 4.20. The van der Waals surface area contributed by atoms with E-state index in [1.54, 1.807) is 0 Å². The van der Waals surface area contributed by atoms with Crippen molar-refractivity contribution < 1.29 is 9.59 Å². The first-order valence-electron chi connectivity index (χ1n) is 5.94. The number of nitrogens with zero attached hydrogens (tertiary/aromatic N) is 2. The number of hydrogen-bond donors (Lipinski definition) is 1. The summed E-state index contributed by atoms with van der Waals surface area (Å²) in [6.07, 6.45) is 1.89. The number of aromatic nitrogens is 1. The quantitative estimate of drug-likeness (QED) is 0.846. The lowest BCUT2D eigenvalue weighted by Gasteiger charge is -2.34. The van der Waals surface area contributed by atoms with Crippen LogP contribution in [0.2, 0.25) is 10.2 Å². The first-order chi connectivity index (χ1) is 9.04. The molecule has 0 aliphatic carbocycles. The summed E-state index contributed by atoms with van der Waals surface area (Å²) in [4.78, 5) is 29.5. The number of nitrogens with one attached hydrogen (secondary N) is 1. The van der Waals surface area contributed by atoms with Gasteiger partial charge in [0.25, 0.3) is 5.91 Å². The fourth-order valence-corrected chi connectivity index (χ4v) is 2.44. The van der Waals surface area contributed by atoms with Crippen molar-refractivity contribution >= 4 is 35.0 Å². The molecule has 2 amide bonds. The van der Waals surface area contributed by atoms with Gasteiger partial charge >= 0.3 is 0 Å². The molecule has 0 bridgehead atoms. The highest BCUT2D eigenvalue weighted by Crippen LogP contribution is 2.22. The van der Waals surface area contributed by atoms with E-state index in [1.165, 1.54) is 17.2 Å². The highest BCUT2D eigenvalue weighted by Gasteiger charge is 2.32. The van der Waals surface area contributed by atoms with Gasteiger partial charge in [-0.05, 0) is 12.5 Å². The van der Waals surface area contributed by atoms with Crippen molar-refractivity contribution in [2.45, 2.75) is 19.4 Å². The standard InChI is InChI=1S/C12H13Cl2N3O2/c1-2-9-11(18)15-3-4-17(9)12(19)7-5-10(14)16-6-8(7)13/h5-6,9H,2-4H2,1H3,(H,15,18). The maximum Gasteiger partial charge on any atom is 0.256 e. The molecule has 1 fully saturated rings. The summed E-state index contributed by atoms with van der Waals surface area (Å²) in [6.45, 7) is 2.76. The van der Waals surface area contributed by atoms with E-state index in [-0.39, 0.29) is 27.6 Å². The molecular formula is C12H13Cl2N3O2. The van der Waals surface area contributed by atoms with Crippen molar-refractivity contribution in [3.05, 3.63) is 28.0 Å². The average Bonchev–Trinajstić information content (AvgIpc) is 2.40. The molecule has 5 nitrogen and oxygen atoms in total. The monoisotopic (exact) mass is 301 g/mol. The van der Waals surface area contributed by atoms with Crippen LogP contribution >= 0.6 is 23.2 Å². The smallest absolute Gasteiger partial charge is 0.256 e. The van der Waals surface area contributed by atoms with Gasteiger partial charge in [0.1, 0.15) is 11.2 Å². The van der Waals surface area contributed by atoms with Crippen LogP contribution in [-0.2, 0) is 4.79 Å². The third-order valence-electron chi connectivity index (χ3n) is 3.03. The van der Waals surface area contributed by atoms with Crippen molar-refractivity contribution in [1.82, 2.24) is 15.2 Å². The third-order valence-corrected chi connectivity index (χ3v) is 3.54. The molecule has 1 aromatic heterocycles. The van der Waals surface area contributed by atoms with Crippen molar-refractivity contribution in [2.75, 3.05) is 13.1 Å². The van der Waals surface area contributed by atoms with E-state index < -0.39 is 6.04 Å². The second kappa shape index (κ2) is 5.75. The summed E-state index contributed by atoms with van der Waals surface area (Å²) in [5.41, 5.74) is 0.273. The number of carbonyl (C=O) groups is 2. The Hall–Kier alpha value is -1.33. The Balaban J connectivity index is 2.32. The van der Waals surface area contributed by atoms with Gasteiger partial charge in [-0.15, -0.1) is 0 Å². The number of halogens is 2. The lowest BCUT2D eigenvalue weighted by Crippen LogP contribution is -2.56. The minimum absolute atomic E-state index is 0.140. The third kappa shape index (κ3) is 2.82. The molecule has 7 heteroatoms. The van der Waals surface area contributed by atoms with E-state index in [4.69, 9.17) is 23.2 Å². The lowest BCUT2D eigenvalue weighted by molar-refractivity contribution is -0.127. The molecule has 1 aromatic rings. The molecule has 2 rings (SSSR count). The number of pyridine rings is 1. The zero-order valence-corrected chi connectivity index (χ0v) is 11.8. The number of carbonyl (C=O) groups excluding carboxylic acids is 2. The van der Waals surface area contributed by atoms with Crippen LogP contribution in [0.25, 0.3) is 0 Å². The predicted octanol–water partition coefficient (Wildman–Crippen LogP) is 1.74.